The lowest BCUT2D eigenvalue weighted by molar-refractivity contribution is -0.136. The van der Waals surface area contributed by atoms with Gasteiger partial charge in [0.15, 0.2) is 0 Å². The summed E-state index contributed by atoms with van der Waals surface area (Å²) in [6.45, 7) is 2.04. The van der Waals surface area contributed by atoms with Crippen molar-refractivity contribution in [2.75, 3.05) is 24.2 Å². The number of amides is 1. The fourth-order valence-corrected chi connectivity index (χ4v) is 3.14. The summed E-state index contributed by atoms with van der Waals surface area (Å²) >= 11 is 1.69. The van der Waals surface area contributed by atoms with Crippen molar-refractivity contribution in [3.05, 3.63) is 24.0 Å². The average Bonchev–Trinajstić information content (AvgIpc) is 2.48. The minimum Gasteiger partial charge on any atom is -0.481 e. The Bertz CT molecular complexity index is 487. The van der Waals surface area contributed by atoms with Crippen LogP contribution in [0.15, 0.2) is 18.3 Å². The van der Waals surface area contributed by atoms with Crippen molar-refractivity contribution in [1.82, 2.24) is 10.3 Å². The van der Waals surface area contributed by atoms with Gasteiger partial charge in [-0.25, -0.2) is 0 Å². The molecule has 2 rings (SSSR count). The highest BCUT2D eigenvalue weighted by atomic mass is 32.2. The van der Waals surface area contributed by atoms with Crippen molar-refractivity contribution in [3.63, 3.8) is 0 Å². The Labute approximate surface area is 127 Å². The van der Waals surface area contributed by atoms with Crippen LogP contribution in [0.2, 0.25) is 0 Å². The third kappa shape index (κ3) is 5.73. The second kappa shape index (κ2) is 7.99. The normalized spacial score (nSPS) is 15.6. The number of aliphatic carboxylic acids is 1. The Morgan fingerprint density at radius 2 is 2.14 bits per heavy atom. The minimum atomic E-state index is -0.919. The number of nitrogens with one attached hydrogen (secondary N) is 2. The molecule has 2 heterocycles. The Morgan fingerprint density at radius 3 is 2.76 bits per heavy atom. The zero-order valence-electron chi connectivity index (χ0n) is 11.7. The number of carboxylic acid groups (broad SMARTS) is 1. The van der Waals surface area contributed by atoms with Crippen molar-refractivity contribution in [2.45, 2.75) is 24.5 Å². The topological polar surface area (TPSA) is 91.3 Å². The van der Waals surface area contributed by atoms with Crippen LogP contribution in [0.1, 0.15) is 18.5 Å². The molecule has 0 unspecified atom stereocenters. The molecule has 0 saturated carbocycles. The van der Waals surface area contributed by atoms with Gasteiger partial charge < -0.3 is 15.7 Å². The molecule has 1 saturated heterocycles. The number of hydrogen-bond donors (Lipinski definition) is 3. The van der Waals surface area contributed by atoms with Gasteiger partial charge in [0, 0.05) is 5.25 Å². The molecule has 1 fully saturated rings. The summed E-state index contributed by atoms with van der Waals surface area (Å²) in [7, 11) is 0. The molecule has 1 aromatic rings. The molecule has 21 heavy (non-hydrogen) atoms. The van der Waals surface area contributed by atoms with Crippen LogP contribution in [0.3, 0.4) is 0 Å². The highest BCUT2D eigenvalue weighted by Gasteiger charge is 2.15. The smallest absolute Gasteiger partial charge is 0.309 e. The number of thioether (sulfide) groups is 1. The summed E-state index contributed by atoms with van der Waals surface area (Å²) in [4.78, 5) is 26.4. The van der Waals surface area contributed by atoms with Crippen molar-refractivity contribution in [1.29, 1.82) is 0 Å². The quantitative estimate of drug-likeness (QED) is 0.730. The lowest BCUT2D eigenvalue weighted by atomic mass is 10.2. The van der Waals surface area contributed by atoms with Crippen molar-refractivity contribution >= 4 is 29.3 Å². The maximum Gasteiger partial charge on any atom is 0.309 e. The first kappa shape index (κ1) is 15.8. The van der Waals surface area contributed by atoms with Gasteiger partial charge in [0.2, 0.25) is 5.91 Å². The standard InChI is InChI=1S/C14H19N3O3S/c18-13(9-21-12-3-5-15-6-4-12)17-11-2-1-10(16-8-11)7-14(19)20/h1-2,8,12,15H,3-7,9H2,(H,17,18)(H,19,20). The first-order valence-electron chi connectivity index (χ1n) is 6.92. The number of carbonyl (C=O) groups is 2. The minimum absolute atomic E-state index is 0.0497. The van der Waals surface area contributed by atoms with Crippen LogP contribution in [0, 0.1) is 0 Å². The van der Waals surface area contributed by atoms with E-state index < -0.39 is 5.97 Å². The molecule has 1 aromatic heterocycles. The summed E-state index contributed by atoms with van der Waals surface area (Å²) in [5, 5.41) is 15.3. The number of anilines is 1. The monoisotopic (exact) mass is 309 g/mol. The van der Waals surface area contributed by atoms with Gasteiger partial charge >= 0.3 is 5.97 Å². The zero-order chi connectivity index (χ0) is 15.1. The largest absolute Gasteiger partial charge is 0.481 e. The van der Waals surface area contributed by atoms with Crippen LogP contribution in [0.4, 0.5) is 5.69 Å². The average molecular weight is 309 g/mol. The molecule has 0 aliphatic carbocycles. The molecule has 1 aliphatic heterocycles. The summed E-state index contributed by atoms with van der Waals surface area (Å²) in [6, 6.07) is 3.29. The van der Waals surface area contributed by atoms with E-state index in [4.69, 9.17) is 5.11 Å². The third-order valence-corrected chi connectivity index (χ3v) is 4.55. The van der Waals surface area contributed by atoms with Gasteiger partial charge in [-0.05, 0) is 38.1 Å². The number of rotatable bonds is 6. The van der Waals surface area contributed by atoms with Crippen LogP contribution in [-0.4, -0.2) is 46.1 Å². The summed E-state index contributed by atoms with van der Waals surface area (Å²) in [6.07, 6.45) is 3.58. The highest BCUT2D eigenvalue weighted by molar-refractivity contribution is 8.00. The van der Waals surface area contributed by atoms with E-state index in [1.54, 1.807) is 23.9 Å². The Kier molecular flexibility index (Phi) is 6.01. The Morgan fingerprint density at radius 1 is 1.38 bits per heavy atom. The van der Waals surface area contributed by atoms with Crippen molar-refractivity contribution in [2.24, 2.45) is 0 Å². The maximum atomic E-state index is 11.8. The molecular weight excluding hydrogens is 290 g/mol. The first-order valence-corrected chi connectivity index (χ1v) is 7.97. The van der Waals surface area contributed by atoms with Crippen LogP contribution in [0.25, 0.3) is 0 Å². The molecule has 0 bridgehead atoms. The van der Waals surface area contributed by atoms with E-state index in [0.717, 1.165) is 25.9 Å². The molecule has 114 valence electrons. The van der Waals surface area contributed by atoms with Crippen LogP contribution < -0.4 is 10.6 Å². The number of pyridine rings is 1. The van der Waals surface area contributed by atoms with Gasteiger partial charge in [0.05, 0.1) is 29.8 Å². The number of carbonyl (C=O) groups excluding carboxylic acids is 1. The van der Waals surface area contributed by atoms with Crippen molar-refractivity contribution in [3.8, 4) is 0 Å². The van der Waals surface area contributed by atoms with Crippen LogP contribution >= 0.6 is 11.8 Å². The molecule has 3 N–H and O–H groups in total. The van der Waals surface area contributed by atoms with Gasteiger partial charge in [-0.15, -0.1) is 11.8 Å². The fourth-order valence-electron chi connectivity index (χ4n) is 2.11. The van der Waals surface area contributed by atoms with E-state index in [2.05, 4.69) is 15.6 Å². The predicted molar refractivity (Wildman–Crippen MR) is 82.6 cm³/mol. The third-order valence-electron chi connectivity index (χ3n) is 3.18. The fraction of sp³-hybridized carbons (Fsp3) is 0.500. The SMILES string of the molecule is O=C(O)Cc1ccc(NC(=O)CSC2CCNCC2)cn1. The molecule has 0 radical (unpaired) electrons. The Balaban J connectivity index is 1.75. The first-order chi connectivity index (χ1) is 10.1. The Hall–Kier alpha value is -1.60. The lowest BCUT2D eigenvalue weighted by Gasteiger charge is -2.21. The maximum absolute atomic E-state index is 11.8. The second-order valence-electron chi connectivity index (χ2n) is 4.92. The molecule has 1 amide bonds. The van der Waals surface area contributed by atoms with Crippen LogP contribution in [0.5, 0.6) is 0 Å². The lowest BCUT2D eigenvalue weighted by Crippen LogP contribution is -2.30. The number of nitrogens with zero attached hydrogens (tertiary/aromatic N) is 1. The number of hydrogen-bond acceptors (Lipinski definition) is 5. The van der Waals surface area contributed by atoms with Gasteiger partial charge in [-0.1, -0.05) is 0 Å². The van der Waals surface area contributed by atoms with Crippen LogP contribution in [-0.2, 0) is 16.0 Å². The van der Waals surface area contributed by atoms with Gasteiger partial charge in [-0.2, -0.15) is 0 Å². The summed E-state index contributed by atoms with van der Waals surface area (Å²) in [5.74, 6) is -0.536. The molecule has 6 nitrogen and oxygen atoms in total. The summed E-state index contributed by atoms with van der Waals surface area (Å²) in [5.41, 5.74) is 1.07. The predicted octanol–water partition coefficient (Wildman–Crippen LogP) is 1.13. The number of aromatic nitrogens is 1. The van der Waals surface area contributed by atoms with E-state index in [1.165, 1.54) is 6.20 Å². The summed E-state index contributed by atoms with van der Waals surface area (Å²) < 4.78 is 0. The second-order valence-corrected chi connectivity index (χ2v) is 6.21. The molecule has 7 heteroatoms. The van der Waals surface area contributed by atoms with Gasteiger partial charge in [0.1, 0.15) is 0 Å². The number of piperidine rings is 1. The van der Waals surface area contributed by atoms with Gasteiger partial charge in [-0.3, -0.25) is 14.6 Å². The molecule has 0 aromatic carbocycles. The van der Waals surface area contributed by atoms with E-state index in [0.29, 0.717) is 22.4 Å². The molecule has 0 spiro atoms. The van der Waals surface area contributed by atoms with Crippen molar-refractivity contribution < 1.29 is 14.7 Å². The van der Waals surface area contributed by atoms with E-state index in [-0.39, 0.29) is 12.3 Å². The molecule has 1 aliphatic rings. The zero-order valence-corrected chi connectivity index (χ0v) is 12.5. The van der Waals surface area contributed by atoms with E-state index in [1.807, 2.05) is 0 Å². The highest BCUT2D eigenvalue weighted by Crippen LogP contribution is 2.20. The van der Waals surface area contributed by atoms with E-state index >= 15 is 0 Å². The van der Waals surface area contributed by atoms with E-state index in [9.17, 15) is 9.59 Å². The molecular formula is C14H19N3O3S. The molecule has 0 atom stereocenters. The van der Waals surface area contributed by atoms with Gasteiger partial charge in [0.25, 0.3) is 0 Å². The number of carboxylic acids is 1.